The molecule has 0 heterocycles. The second-order valence-corrected chi connectivity index (χ2v) is 8.20. The number of carbonyl (C=O) groups excluding carboxylic acids is 1. The third kappa shape index (κ3) is 6.15. The van der Waals surface area contributed by atoms with Crippen LogP contribution in [0.1, 0.15) is 27.0 Å². The molecule has 0 saturated carbocycles. The molecule has 0 aliphatic heterocycles. The number of thiocarbonyl (C=S) groups is 1. The molecule has 0 atom stereocenters. The van der Waals surface area contributed by atoms with E-state index in [-0.39, 0.29) is 11.0 Å². The van der Waals surface area contributed by atoms with Crippen molar-refractivity contribution < 1.29 is 9.53 Å². The molecule has 0 spiro atoms. The van der Waals surface area contributed by atoms with E-state index in [2.05, 4.69) is 38.7 Å². The summed E-state index contributed by atoms with van der Waals surface area (Å²) in [5.74, 6) is 0.409. The Morgan fingerprint density at radius 3 is 2.47 bits per heavy atom. The van der Waals surface area contributed by atoms with Gasteiger partial charge in [-0.25, -0.2) is 0 Å². The number of rotatable bonds is 6. The van der Waals surface area contributed by atoms with Gasteiger partial charge in [-0.3, -0.25) is 10.1 Å². The van der Waals surface area contributed by atoms with Gasteiger partial charge in [0.25, 0.3) is 5.91 Å². The topological polar surface area (TPSA) is 50.4 Å². The van der Waals surface area contributed by atoms with Gasteiger partial charge in [-0.15, -0.1) is 0 Å². The Kier molecular flexibility index (Phi) is 7.60. The monoisotopic (exact) mass is 482 g/mol. The number of carbonyl (C=O) groups is 1. The predicted molar refractivity (Wildman–Crippen MR) is 129 cm³/mol. The van der Waals surface area contributed by atoms with Crippen LogP contribution in [0.3, 0.4) is 0 Å². The third-order valence-electron chi connectivity index (χ3n) is 4.68. The molecule has 0 aliphatic rings. The zero-order chi connectivity index (χ0) is 21.5. The molecule has 0 radical (unpaired) electrons. The molecular weight excluding hydrogens is 460 g/mol. The van der Waals surface area contributed by atoms with Gasteiger partial charge in [0.2, 0.25) is 0 Å². The van der Waals surface area contributed by atoms with Crippen molar-refractivity contribution in [2.45, 2.75) is 20.3 Å². The zero-order valence-corrected chi connectivity index (χ0v) is 19.3. The van der Waals surface area contributed by atoms with E-state index in [1.807, 2.05) is 50.2 Å². The van der Waals surface area contributed by atoms with E-state index in [1.54, 1.807) is 18.2 Å². The molecule has 154 valence electrons. The molecule has 0 aromatic heterocycles. The number of ether oxygens (including phenoxy) is 1. The Morgan fingerprint density at radius 2 is 1.77 bits per heavy atom. The van der Waals surface area contributed by atoms with Crippen LogP contribution in [0.4, 0.5) is 5.69 Å². The van der Waals surface area contributed by atoms with Gasteiger partial charge in [0, 0.05) is 17.7 Å². The maximum absolute atomic E-state index is 12.5. The van der Waals surface area contributed by atoms with E-state index in [0.717, 1.165) is 22.1 Å². The average Bonchev–Trinajstić information content (AvgIpc) is 2.72. The minimum Gasteiger partial charge on any atom is -0.492 e. The van der Waals surface area contributed by atoms with Crippen molar-refractivity contribution in [1.82, 2.24) is 5.32 Å². The lowest BCUT2D eigenvalue weighted by molar-refractivity contribution is 0.0977. The molecule has 2 N–H and O–H groups in total. The maximum atomic E-state index is 12.5. The molecule has 0 aliphatic carbocycles. The maximum Gasteiger partial charge on any atom is 0.257 e. The summed E-state index contributed by atoms with van der Waals surface area (Å²) in [6.45, 7) is 4.63. The second kappa shape index (κ2) is 10.4. The highest BCUT2D eigenvalue weighted by molar-refractivity contribution is 9.10. The molecule has 0 saturated heterocycles. The first-order chi connectivity index (χ1) is 14.4. The lowest BCUT2D eigenvalue weighted by Gasteiger charge is -2.12. The lowest BCUT2D eigenvalue weighted by Crippen LogP contribution is -2.34. The van der Waals surface area contributed by atoms with Crippen molar-refractivity contribution in [2.75, 3.05) is 11.9 Å². The fraction of sp³-hybridized carbons (Fsp3) is 0.167. The number of aryl methyl sites for hydroxylation is 2. The van der Waals surface area contributed by atoms with E-state index in [1.165, 1.54) is 11.1 Å². The summed E-state index contributed by atoms with van der Waals surface area (Å²) in [5, 5.41) is 6.01. The molecule has 1 amide bonds. The van der Waals surface area contributed by atoms with Gasteiger partial charge in [0.15, 0.2) is 5.11 Å². The Labute approximate surface area is 190 Å². The number of halogens is 1. The van der Waals surface area contributed by atoms with E-state index >= 15 is 0 Å². The number of nitrogens with one attached hydrogen (secondary N) is 2. The number of anilines is 1. The molecule has 0 unspecified atom stereocenters. The highest BCUT2D eigenvalue weighted by atomic mass is 79.9. The first-order valence-electron chi connectivity index (χ1n) is 9.58. The van der Waals surface area contributed by atoms with E-state index in [4.69, 9.17) is 17.0 Å². The molecule has 30 heavy (non-hydrogen) atoms. The lowest BCUT2D eigenvalue weighted by atomic mass is 10.1. The van der Waals surface area contributed by atoms with Gasteiger partial charge in [-0.1, -0.05) is 36.4 Å². The summed E-state index contributed by atoms with van der Waals surface area (Å²) in [5.41, 5.74) is 4.90. The standard InChI is InChI=1S/C24H23BrN2O2S/c1-16-8-10-20(14-17(16)2)26-24(30)27-23(28)19-9-11-22(21(25)15-19)29-13-12-18-6-4-3-5-7-18/h3-11,14-15H,12-13H2,1-2H3,(H2,26,27,28,30). The Hall–Kier alpha value is -2.70. The number of hydrogen-bond donors (Lipinski definition) is 2. The van der Waals surface area contributed by atoms with Crippen molar-refractivity contribution in [3.05, 3.63) is 93.5 Å². The smallest absolute Gasteiger partial charge is 0.257 e. The number of benzene rings is 3. The summed E-state index contributed by atoms with van der Waals surface area (Å²) in [7, 11) is 0. The quantitative estimate of drug-likeness (QED) is 0.435. The summed E-state index contributed by atoms with van der Waals surface area (Å²) < 4.78 is 6.56. The largest absolute Gasteiger partial charge is 0.492 e. The highest BCUT2D eigenvalue weighted by Gasteiger charge is 2.11. The van der Waals surface area contributed by atoms with Crippen molar-refractivity contribution >= 4 is 44.9 Å². The van der Waals surface area contributed by atoms with E-state index < -0.39 is 0 Å². The van der Waals surface area contributed by atoms with E-state index in [0.29, 0.717) is 17.9 Å². The van der Waals surface area contributed by atoms with Crippen LogP contribution in [-0.2, 0) is 6.42 Å². The summed E-state index contributed by atoms with van der Waals surface area (Å²) in [4.78, 5) is 12.5. The zero-order valence-electron chi connectivity index (χ0n) is 16.9. The molecule has 6 heteroatoms. The van der Waals surface area contributed by atoms with Crippen molar-refractivity contribution in [3.8, 4) is 5.75 Å². The van der Waals surface area contributed by atoms with Crippen LogP contribution >= 0.6 is 28.1 Å². The van der Waals surface area contributed by atoms with E-state index in [9.17, 15) is 4.79 Å². The summed E-state index contributed by atoms with van der Waals surface area (Å²) in [6, 6.07) is 21.3. The molecule has 0 fully saturated rings. The van der Waals surface area contributed by atoms with Crippen LogP contribution in [0, 0.1) is 13.8 Å². The molecular formula is C24H23BrN2O2S. The average molecular weight is 483 g/mol. The van der Waals surface area contributed by atoms with Crippen molar-refractivity contribution in [1.29, 1.82) is 0 Å². The van der Waals surface area contributed by atoms with Crippen molar-refractivity contribution in [3.63, 3.8) is 0 Å². The van der Waals surface area contributed by atoms with Crippen molar-refractivity contribution in [2.24, 2.45) is 0 Å². The van der Waals surface area contributed by atoms with Crippen LogP contribution in [0.5, 0.6) is 5.75 Å². The minimum absolute atomic E-state index is 0.252. The Balaban J connectivity index is 1.54. The fourth-order valence-corrected chi connectivity index (χ4v) is 3.54. The Bertz CT molecular complexity index is 1050. The first-order valence-corrected chi connectivity index (χ1v) is 10.8. The van der Waals surface area contributed by atoms with Gasteiger partial charge < -0.3 is 10.1 Å². The molecule has 3 rings (SSSR count). The molecule has 0 bridgehead atoms. The number of hydrogen-bond acceptors (Lipinski definition) is 3. The van der Waals surface area contributed by atoms with Crippen LogP contribution in [0.2, 0.25) is 0 Å². The second-order valence-electron chi connectivity index (χ2n) is 6.94. The van der Waals surface area contributed by atoms with Crippen LogP contribution in [-0.4, -0.2) is 17.6 Å². The van der Waals surface area contributed by atoms with Gasteiger partial charge in [-0.2, -0.15) is 0 Å². The normalized spacial score (nSPS) is 10.4. The van der Waals surface area contributed by atoms with Gasteiger partial charge in [-0.05, 0) is 89.0 Å². The molecule has 4 nitrogen and oxygen atoms in total. The third-order valence-corrected chi connectivity index (χ3v) is 5.50. The molecule has 3 aromatic carbocycles. The van der Waals surface area contributed by atoms with Crippen LogP contribution < -0.4 is 15.4 Å². The molecule has 3 aromatic rings. The van der Waals surface area contributed by atoms with Crippen LogP contribution in [0.25, 0.3) is 0 Å². The summed E-state index contributed by atoms with van der Waals surface area (Å²) in [6.07, 6.45) is 0.813. The minimum atomic E-state index is -0.284. The summed E-state index contributed by atoms with van der Waals surface area (Å²) >= 11 is 8.75. The highest BCUT2D eigenvalue weighted by Crippen LogP contribution is 2.26. The first kappa shape index (κ1) is 22.0. The Morgan fingerprint density at radius 1 is 1.00 bits per heavy atom. The van der Waals surface area contributed by atoms with Gasteiger partial charge >= 0.3 is 0 Å². The van der Waals surface area contributed by atoms with Gasteiger partial charge in [0.1, 0.15) is 5.75 Å². The number of amides is 1. The predicted octanol–water partition coefficient (Wildman–Crippen LogP) is 5.81. The SMILES string of the molecule is Cc1ccc(NC(=S)NC(=O)c2ccc(OCCc3ccccc3)c(Br)c2)cc1C. The fourth-order valence-electron chi connectivity index (χ4n) is 2.84. The van der Waals surface area contributed by atoms with Gasteiger partial charge in [0.05, 0.1) is 11.1 Å². The van der Waals surface area contributed by atoms with Crippen LogP contribution in [0.15, 0.2) is 71.2 Å².